The molecule has 0 aromatic carbocycles. The van der Waals surface area contributed by atoms with Crippen LogP contribution in [0, 0.1) is 0 Å². The molecule has 0 aromatic heterocycles. The van der Waals surface area contributed by atoms with Gasteiger partial charge in [-0.25, -0.2) is 0 Å². The van der Waals surface area contributed by atoms with Crippen LogP contribution in [-0.2, 0) is 4.79 Å². The molecule has 0 aromatic rings. The summed E-state index contributed by atoms with van der Waals surface area (Å²) < 4.78 is 0. The molecule has 0 fully saturated rings. The van der Waals surface area contributed by atoms with E-state index in [4.69, 9.17) is 5.11 Å². The summed E-state index contributed by atoms with van der Waals surface area (Å²) in [6.45, 7) is 2.26. The van der Waals surface area contributed by atoms with Crippen molar-refractivity contribution >= 4 is 64.2 Å². The van der Waals surface area contributed by atoms with Crippen LogP contribution in [0.4, 0.5) is 0 Å². The van der Waals surface area contributed by atoms with Gasteiger partial charge in [0.15, 0.2) is 0 Å². The van der Waals surface area contributed by atoms with Gasteiger partial charge in [0, 0.05) is 6.42 Å². The summed E-state index contributed by atoms with van der Waals surface area (Å²) in [6, 6.07) is 0. The Bertz CT molecular complexity index is 184. The van der Waals surface area contributed by atoms with E-state index in [1.54, 1.807) is 0 Å². The Morgan fingerprint density at radius 2 is 1.00 bits per heavy atom. The molecule has 0 rings (SSSR count). The number of hydrogen-bond acceptors (Lipinski definition) is 1. The van der Waals surface area contributed by atoms with E-state index in [2.05, 4.69) is 6.92 Å². The van der Waals surface area contributed by atoms with Crippen molar-refractivity contribution in [1.82, 2.24) is 0 Å². The van der Waals surface area contributed by atoms with Gasteiger partial charge in [0.05, 0.1) is 0 Å². The van der Waals surface area contributed by atoms with Crippen molar-refractivity contribution in [1.29, 1.82) is 0 Å². The van der Waals surface area contributed by atoms with Crippen LogP contribution in [0.2, 0.25) is 0 Å². The van der Waals surface area contributed by atoms with E-state index in [1.807, 2.05) is 0 Å². The van der Waals surface area contributed by atoms with Gasteiger partial charge in [-0.05, 0) is 6.42 Å². The van der Waals surface area contributed by atoms with Gasteiger partial charge in [0.1, 0.15) is 0 Å². The number of rotatable bonds is 14. The normalized spacial score (nSPS) is 10.2. The molecule has 0 heterocycles. The van der Waals surface area contributed by atoms with E-state index in [0.29, 0.717) is 6.42 Å². The van der Waals surface area contributed by atoms with E-state index >= 15 is 0 Å². The number of carboxylic acid groups (broad SMARTS) is 1. The van der Waals surface area contributed by atoms with Crippen molar-refractivity contribution in [2.75, 3.05) is 0 Å². The molecule has 0 unspecified atom stereocenters. The first kappa shape index (κ1) is 22.6. The summed E-state index contributed by atoms with van der Waals surface area (Å²) in [5.74, 6) is -0.655. The summed E-state index contributed by atoms with van der Waals surface area (Å²) in [7, 11) is 0. The minimum absolute atomic E-state index is 0. The molecule has 2 nitrogen and oxygen atoms in total. The fourth-order valence-electron chi connectivity index (χ4n) is 2.29. The third-order valence-corrected chi connectivity index (χ3v) is 3.49. The second-order valence-corrected chi connectivity index (χ2v) is 5.39. The standard InChI is InChI=1S/C16H32O2.Rb.H/c1-2-3-4-5-6-7-8-9-10-11-12-13-14-15-16(17)18;;/h2-15H2,1H3,(H,17,18);;. The van der Waals surface area contributed by atoms with E-state index in [0.717, 1.165) is 12.8 Å². The Hall–Kier alpha value is 1.28. The summed E-state index contributed by atoms with van der Waals surface area (Å²) in [5.41, 5.74) is 0. The van der Waals surface area contributed by atoms with Gasteiger partial charge in [0.25, 0.3) is 0 Å². The Kier molecular flexibility index (Phi) is 22.9. The van der Waals surface area contributed by atoms with Gasteiger partial charge in [-0.3, -0.25) is 4.79 Å². The van der Waals surface area contributed by atoms with Gasteiger partial charge >= 0.3 is 64.2 Å². The third kappa shape index (κ3) is 21.7. The van der Waals surface area contributed by atoms with Crippen LogP contribution in [-0.4, -0.2) is 69.3 Å². The van der Waals surface area contributed by atoms with Crippen molar-refractivity contribution in [2.24, 2.45) is 0 Å². The quantitative estimate of drug-likeness (QED) is 0.456. The zero-order chi connectivity index (χ0) is 13.5. The summed E-state index contributed by atoms with van der Waals surface area (Å²) >= 11 is 0. The topological polar surface area (TPSA) is 37.3 Å². The summed E-state index contributed by atoms with van der Waals surface area (Å²) in [4.78, 5) is 10.3. The molecular formula is C16H33O2Rb. The third-order valence-electron chi connectivity index (χ3n) is 3.49. The van der Waals surface area contributed by atoms with Crippen LogP contribution in [0.15, 0.2) is 0 Å². The second kappa shape index (κ2) is 19.3. The fourth-order valence-corrected chi connectivity index (χ4v) is 2.29. The number of hydrogen-bond donors (Lipinski definition) is 1. The maximum atomic E-state index is 10.3. The molecule has 0 bridgehead atoms. The van der Waals surface area contributed by atoms with E-state index in [9.17, 15) is 4.79 Å². The van der Waals surface area contributed by atoms with Gasteiger partial charge in [-0.2, -0.15) is 0 Å². The van der Waals surface area contributed by atoms with Crippen molar-refractivity contribution in [2.45, 2.75) is 96.8 Å². The van der Waals surface area contributed by atoms with Crippen molar-refractivity contribution in [3.63, 3.8) is 0 Å². The SMILES string of the molecule is CCCCCCCCCCCCCCCC(=O)O.[RbH]. The zero-order valence-corrected chi connectivity index (χ0v) is 12.3. The van der Waals surface area contributed by atoms with Crippen LogP contribution in [0.3, 0.4) is 0 Å². The average molecular weight is 343 g/mol. The predicted molar refractivity (Wildman–Crippen MR) is 85.1 cm³/mol. The molecule has 0 atom stereocenters. The Balaban J connectivity index is 0. The van der Waals surface area contributed by atoms with Crippen molar-refractivity contribution in [3.8, 4) is 0 Å². The molecule has 0 radical (unpaired) electrons. The molecule has 3 heteroatoms. The maximum absolute atomic E-state index is 10.3. The molecule has 0 spiro atoms. The van der Waals surface area contributed by atoms with Gasteiger partial charge in [-0.1, -0.05) is 84.0 Å². The molecule has 0 aliphatic heterocycles. The monoisotopic (exact) mass is 342 g/mol. The van der Waals surface area contributed by atoms with Gasteiger partial charge in [-0.15, -0.1) is 0 Å². The molecule has 0 amide bonds. The number of aliphatic carboxylic acids is 1. The molecule has 0 aliphatic carbocycles. The molecule has 19 heavy (non-hydrogen) atoms. The van der Waals surface area contributed by atoms with Crippen LogP contribution >= 0.6 is 0 Å². The van der Waals surface area contributed by atoms with E-state index < -0.39 is 5.97 Å². The zero-order valence-electron chi connectivity index (χ0n) is 12.3. The van der Waals surface area contributed by atoms with Gasteiger partial charge in [0.2, 0.25) is 0 Å². The Morgan fingerprint density at radius 3 is 1.32 bits per heavy atom. The molecule has 0 saturated carbocycles. The molecular weight excluding hydrogens is 310 g/mol. The number of unbranched alkanes of at least 4 members (excludes halogenated alkanes) is 12. The first-order chi connectivity index (χ1) is 8.77. The average Bonchev–Trinajstić information content (AvgIpc) is 2.34. The first-order valence-corrected chi connectivity index (χ1v) is 7.99. The molecule has 0 aliphatic rings. The summed E-state index contributed by atoms with van der Waals surface area (Å²) in [6.07, 6.45) is 17.3. The number of carbonyl (C=O) groups is 1. The summed E-state index contributed by atoms with van der Waals surface area (Å²) in [5, 5.41) is 8.49. The first-order valence-electron chi connectivity index (χ1n) is 7.99. The van der Waals surface area contributed by atoms with Gasteiger partial charge < -0.3 is 5.11 Å². The second-order valence-electron chi connectivity index (χ2n) is 5.39. The van der Waals surface area contributed by atoms with Crippen LogP contribution in [0.5, 0.6) is 0 Å². The van der Waals surface area contributed by atoms with E-state index in [-0.39, 0.29) is 58.2 Å². The number of carboxylic acids is 1. The predicted octanol–water partition coefficient (Wildman–Crippen LogP) is 4.90. The van der Waals surface area contributed by atoms with Crippen molar-refractivity contribution in [3.05, 3.63) is 0 Å². The molecule has 110 valence electrons. The minimum atomic E-state index is -0.655. The van der Waals surface area contributed by atoms with Crippen LogP contribution < -0.4 is 0 Å². The fraction of sp³-hybridized carbons (Fsp3) is 0.938. The Labute approximate surface area is 168 Å². The van der Waals surface area contributed by atoms with Crippen molar-refractivity contribution < 1.29 is 9.90 Å². The van der Waals surface area contributed by atoms with E-state index in [1.165, 1.54) is 70.6 Å². The van der Waals surface area contributed by atoms with Crippen LogP contribution in [0.25, 0.3) is 0 Å². The molecule has 0 saturated heterocycles. The Morgan fingerprint density at radius 1 is 0.684 bits per heavy atom. The molecule has 1 N–H and O–H groups in total. The van der Waals surface area contributed by atoms with Crippen LogP contribution in [0.1, 0.15) is 96.8 Å².